The maximum absolute atomic E-state index is 10.9. The van der Waals surface area contributed by atoms with E-state index in [1.54, 1.807) is 18.3 Å². The Morgan fingerprint density at radius 2 is 2.32 bits per heavy atom. The molecule has 6 nitrogen and oxygen atoms in total. The number of nitro benzene ring substituents is 1. The Kier molecular flexibility index (Phi) is 2.56. The Hall–Kier alpha value is -2.63. The molecule has 1 aromatic carbocycles. The molecule has 0 amide bonds. The monoisotopic (exact) mass is 256 g/mol. The van der Waals surface area contributed by atoms with Gasteiger partial charge in [-0.1, -0.05) is 12.1 Å². The third kappa shape index (κ3) is 1.97. The molecule has 3 rings (SSSR count). The van der Waals surface area contributed by atoms with Crippen molar-refractivity contribution in [2.24, 2.45) is 0 Å². The second-order valence-corrected chi connectivity index (χ2v) is 4.43. The summed E-state index contributed by atoms with van der Waals surface area (Å²) >= 11 is 0. The number of nitrogens with zero attached hydrogens (tertiary/aromatic N) is 3. The fraction of sp³-hybridized carbons (Fsp3) is 0.154. The number of rotatable bonds is 2. The number of allylic oxidation sites excluding steroid dienone is 2. The van der Waals surface area contributed by atoms with Crippen LogP contribution in [0.3, 0.4) is 0 Å². The summed E-state index contributed by atoms with van der Waals surface area (Å²) in [6, 6.07) is 6.62. The minimum absolute atomic E-state index is 0.0707. The second kappa shape index (κ2) is 4.24. The predicted octanol–water partition coefficient (Wildman–Crippen LogP) is 2.71. The molecule has 1 atom stereocenters. The van der Waals surface area contributed by atoms with E-state index in [0.717, 1.165) is 17.2 Å². The van der Waals surface area contributed by atoms with Crippen molar-refractivity contribution in [1.82, 2.24) is 9.55 Å². The van der Waals surface area contributed by atoms with E-state index in [-0.39, 0.29) is 16.7 Å². The lowest BCUT2D eigenvalue weighted by molar-refractivity contribution is -0.384. The van der Waals surface area contributed by atoms with Gasteiger partial charge in [0.1, 0.15) is 0 Å². The SMILES string of the molecule is CC1=CC(c2cccc([N+](=O)[O-])c2)n2ccnc2N1. The van der Waals surface area contributed by atoms with Crippen molar-refractivity contribution in [2.75, 3.05) is 5.32 Å². The average molecular weight is 256 g/mol. The van der Waals surface area contributed by atoms with Gasteiger partial charge in [0.2, 0.25) is 5.95 Å². The van der Waals surface area contributed by atoms with Crippen LogP contribution >= 0.6 is 0 Å². The van der Waals surface area contributed by atoms with Crippen LogP contribution in [0.2, 0.25) is 0 Å². The molecule has 0 bridgehead atoms. The number of hydrogen-bond donors (Lipinski definition) is 1. The average Bonchev–Trinajstić information content (AvgIpc) is 2.85. The third-order valence-electron chi connectivity index (χ3n) is 3.11. The van der Waals surface area contributed by atoms with Crippen molar-refractivity contribution in [3.8, 4) is 0 Å². The largest absolute Gasteiger partial charge is 0.330 e. The summed E-state index contributed by atoms with van der Waals surface area (Å²) in [5.74, 6) is 0.747. The predicted molar refractivity (Wildman–Crippen MR) is 70.8 cm³/mol. The molecule has 0 fully saturated rings. The van der Waals surface area contributed by atoms with Crippen LogP contribution in [0.4, 0.5) is 11.6 Å². The standard InChI is InChI=1S/C13H12N4O2/c1-9-7-12(16-6-5-14-13(16)15-9)10-3-2-4-11(8-10)17(18)19/h2-8,12H,1H3,(H,14,15). The molecule has 1 aromatic heterocycles. The Labute approximate surface area is 109 Å². The summed E-state index contributed by atoms with van der Waals surface area (Å²) in [5.41, 5.74) is 1.95. The van der Waals surface area contributed by atoms with Gasteiger partial charge in [-0.2, -0.15) is 0 Å². The maximum Gasteiger partial charge on any atom is 0.269 e. The molecule has 1 N–H and O–H groups in total. The first-order valence-corrected chi connectivity index (χ1v) is 5.88. The topological polar surface area (TPSA) is 73.0 Å². The molecule has 0 saturated heterocycles. The fourth-order valence-corrected chi connectivity index (χ4v) is 2.25. The highest BCUT2D eigenvalue weighted by Gasteiger charge is 2.21. The number of anilines is 1. The van der Waals surface area contributed by atoms with Crippen molar-refractivity contribution in [3.63, 3.8) is 0 Å². The zero-order valence-electron chi connectivity index (χ0n) is 10.3. The Morgan fingerprint density at radius 1 is 1.47 bits per heavy atom. The highest BCUT2D eigenvalue weighted by molar-refractivity contribution is 5.45. The van der Waals surface area contributed by atoms with Crippen LogP contribution in [0, 0.1) is 10.1 Å². The Bertz CT molecular complexity index is 675. The highest BCUT2D eigenvalue weighted by Crippen LogP contribution is 2.30. The van der Waals surface area contributed by atoms with E-state index in [2.05, 4.69) is 10.3 Å². The molecule has 0 saturated carbocycles. The zero-order valence-corrected chi connectivity index (χ0v) is 10.3. The summed E-state index contributed by atoms with van der Waals surface area (Å²) in [6.45, 7) is 1.95. The lowest BCUT2D eigenvalue weighted by Gasteiger charge is -2.24. The van der Waals surface area contributed by atoms with Gasteiger partial charge in [0.05, 0.1) is 11.0 Å². The molecule has 0 spiro atoms. The molecule has 6 heteroatoms. The summed E-state index contributed by atoms with van der Waals surface area (Å²) in [5, 5.41) is 14.0. The fourth-order valence-electron chi connectivity index (χ4n) is 2.25. The van der Waals surface area contributed by atoms with Crippen LogP contribution in [0.25, 0.3) is 0 Å². The molecule has 1 aliphatic heterocycles. The summed E-state index contributed by atoms with van der Waals surface area (Å²) in [7, 11) is 0. The Balaban J connectivity index is 2.08. The Morgan fingerprint density at radius 3 is 3.11 bits per heavy atom. The van der Waals surface area contributed by atoms with Crippen molar-refractivity contribution in [3.05, 3.63) is 64.1 Å². The normalized spacial score (nSPS) is 17.3. The first-order valence-electron chi connectivity index (χ1n) is 5.88. The molecule has 2 aromatic rings. The zero-order chi connectivity index (χ0) is 13.4. The van der Waals surface area contributed by atoms with Crippen molar-refractivity contribution >= 4 is 11.6 Å². The molecular weight excluding hydrogens is 244 g/mol. The molecule has 1 unspecified atom stereocenters. The molecule has 1 aliphatic rings. The third-order valence-corrected chi connectivity index (χ3v) is 3.11. The van der Waals surface area contributed by atoms with Gasteiger partial charge in [-0.3, -0.25) is 10.1 Å². The molecular formula is C13H12N4O2. The number of nitrogens with one attached hydrogen (secondary N) is 1. The van der Waals surface area contributed by atoms with E-state index in [9.17, 15) is 10.1 Å². The van der Waals surface area contributed by atoms with E-state index in [1.165, 1.54) is 6.07 Å². The number of imidazole rings is 1. The van der Waals surface area contributed by atoms with Crippen LogP contribution in [0.15, 0.2) is 48.4 Å². The molecule has 0 aliphatic carbocycles. The minimum Gasteiger partial charge on any atom is -0.330 e. The van der Waals surface area contributed by atoms with Crippen LogP contribution in [-0.4, -0.2) is 14.5 Å². The van der Waals surface area contributed by atoms with E-state index in [0.29, 0.717) is 0 Å². The van der Waals surface area contributed by atoms with Gasteiger partial charge in [0, 0.05) is 30.2 Å². The summed E-state index contributed by atoms with van der Waals surface area (Å²) in [6.07, 6.45) is 5.58. The molecule has 19 heavy (non-hydrogen) atoms. The number of nitro groups is 1. The van der Waals surface area contributed by atoms with Crippen LogP contribution in [0.5, 0.6) is 0 Å². The maximum atomic E-state index is 10.9. The molecule has 2 heterocycles. The van der Waals surface area contributed by atoms with Gasteiger partial charge < -0.3 is 9.88 Å². The summed E-state index contributed by atoms with van der Waals surface area (Å²) < 4.78 is 1.95. The minimum atomic E-state index is -0.379. The van der Waals surface area contributed by atoms with E-state index in [4.69, 9.17) is 0 Å². The van der Waals surface area contributed by atoms with Crippen molar-refractivity contribution < 1.29 is 4.92 Å². The van der Waals surface area contributed by atoms with Gasteiger partial charge in [0.25, 0.3) is 5.69 Å². The number of non-ortho nitro benzene ring substituents is 1. The van der Waals surface area contributed by atoms with Crippen LogP contribution < -0.4 is 5.32 Å². The van der Waals surface area contributed by atoms with Gasteiger partial charge in [-0.05, 0) is 18.6 Å². The first kappa shape index (κ1) is 11.5. The lowest BCUT2D eigenvalue weighted by Crippen LogP contribution is -2.18. The number of hydrogen-bond acceptors (Lipinski definition) is 4. The second-order valence-electron chi connectivity index (χ2n) is 4.43. The van der Waals surface area contributed by atoms with Gasteiger partial charge >= 0.3 is 0 Å². The van der Waals surface area contributed by atoms with E-state index in [1.807, 2.05) is 29.8 Å². The quantitative estimate of drug-likeness (QED) is 0.662. The van der Waals surface area contributed by atoms with E-state index < -0.39 is 0 Å². The number of benzene rings is 1. The smallest absolute Gasteiger partial charge is 0.269 e. The van der Waals surface area contributed by atoms with Gasteiger partial charge in [-0.15, -0.1) is 0 Å². The highest BCUT2D eigenvalue weighted by atomic mass is 16.6. The molecule has 0 radical (unpaired) electrons. The summed E-state index contributed by atoms with van der Waals surface area (Å²) in [4.78, 5) is 14.7. The number of aromatic nitrogens is 2. The lowest BCUT2D eigenvalue weighted by atomic mass is 10.0. The van der Waals surface area contributed by atoms with Gasteiger partial charge in [-0.25, -0.2) is 4.98 Å². The van der Waals surface area contributed by atoms with Gasteiger partial charge in [0.15, 0.2) is 0 Å². The van der Waals surface area contributed by atoms with Crippen molar-refractivity contribution in [2.45, 2.75) is 13.0 Å². The first-order chi connectivity index (χ1) is 9.15. The van der Waals surface area contributed by atoms with Crippen LogP contribution in [0.1, 0.15) is 18.5 Å². The van der Waals surface area contributed by atoms with Crippen molar-refractivity contribution in [1.29, 1.82) is 0 Å². The molecule has 96 valence electrons. The van der Waals surface area contributed by atoms with Crippen LogP contribution in [-0.2, 0) is 0 Å². The number of fused-ring (bicyclic) bond motifs is 1. The van der Waals surface area contributed by atoms with E-state index >= 15 is 0 Å².